The molecular formula is C25H28N5O3S2+. The molecule has 1 aliphatic carbocycles. The Hall–Kier alpha value is -2.76. The van der Waals surface area contributed by atoms with E-state index in [0.717, 1.165) is 56.1 Å². The van der Waals surface area contributed by atoms with Gasteiger partial charge in [0.05, 0.1) is 25.5 Å². The SMILES string of the molecule is Nc1c([S+](O)C2CCC2)sc2nc(-c3cnc(NCCOCCO)nc3)cc(-c3ccccc3)c12. The number of benzene rings is 1. The molecule has 8 nitrogen and oxygen atoms in total. The van der Waals surface area contributed by atoms with Crippen LogP contribution < -0.4 is 11.1 Å². The van der Waals surface area contributed by atoms with E-state index in [1.165, 1.54) is 11.3 Å². The number of nitrogens with zero attached hydrogens (tertiary/aromatic N) is 3. The first-order valence-corrected chi connectivity index (χ1v) is 13.7. The highest BCUT2D eigenvalue weighted by Crippen LogP contribution is 2.45. The molecule has 5 N–H and O–H groups in total. The first kappa shape index (κ1) is 24.0. The van der Waals surface area contributed by atoms with Crippen molar-refractivity contribution in [2.45, 2.75) is 28.7 Å². The molecule has 3 aromatic heterocycles. The van der Waals surface area contributed by atoms with E-state index in [0.29, 0.717) is 36.6 Å². The first-order chi connectivity index (χ1) is 17.2. The minimum Gasteiger partial charge on any atom is -0.394 e. The average molecular weight is 511 g/mol. The van der Waals surface area contributed by atoms with Crippen LogP contribution in [0.15, 0.2) is 53.0 Å². The van der Waals surface area contributed by atoms with Gasteiger partial charge in [-0.2, -0.15) is 4.55 Å². The van der Waals surface area contributed by atoms with E-state index in [2.05, 4.69) is 27.4 Å². The van der Waals surface area contributed by atoms with Gasteiger partial charge in [0.15, 0.2) is 16.4 Å². The molecule has 1 saturated carbocycles. The van der Waals surface area contributed by atoms with Gasteiger partial charge in [-0.1, -0.05) is 41.7 Å². The van der Waals surface area contributed by atoms with E-state index >= 15 is 0 Å². The van der Waals surface area contributed by atoms with Crippen molar-refractivity contribution in [3.05, 3.63) is 48.8 Å². The van der Waals surface area contributed by atoms with E-state index in [-0.39, 0.29) is 6.61 Å². The number of nitrogen functional groups attached to an aromatic ring is 1. The molecule has 1 aromatic carbocycles. The number of aromatic nitrogens is 3. The fourth-order valence-corrected chi connectivity index (χ4v) is 7.20. The Morgan fingerprint density at radius 2 is 1.89 bits per heavy atom. The summed E-state index contributed by atoms with van der Waals surface area (Å²) in [6, 6.07) is 12.1. The summed E-state index contributed by atoms with van der Waals surface area (Å²) >= 11 is 0.626. The number of nitrogens with two attached hydrogens (primary N) is 1. The van der Waals surface area contributed by atoms with Gasteiger partial charge in [0.2, 0.25) is 5.95 Å². The number of fused-ring (bicyclic) bond motifs is 1. The number of aliphatic hydroxyl groups is 1. The molecule has 0 radical (unpaired) electrons. The predicted molar refractivity (Wildman–Crippen MR) is 143 cm³/mol. The molecule has 182 valence electrons. The summed E-state index contributed by atoms with van der Waals surface area (Å²) in [5.41, 5.74) is 10.9. The van der Waals surface area contributed by atoms with Crippen molar-refractivity contribution in [1.29, 1.82) is 0 Å². The lowest BCUT2D eigenvalue weighted by Gasteiger charge is -2.19. The zero-order valence-electron chi connectivity index (χ0n) is 19.2. The predicted octanol–water partition coefficient (Wildman–Crippen LogP) is 4.43. The third-order valence-corrected chi connectivity index (χ3v) is 9.38. The number of hydrogen-bond donors (Lipinski definition) is 4. The second-order valence-electron chi connectivity index (χ2n) is 8.33. The van der Waals surface area contributed by atoms with E-state index in [1.807, 2.05) is 24.3 Å². The first-order valence-electron chi connectivity index (χ1n) is 11.6. The molecule has 35 heavy (non-hydrogen) atoms. The Morgan fingerprint density at radius 1 is 1.11 bits per heavy atom. The highest BCUT2D eigenvalue weighted by atomic mass is 32.2. The van der Waals surface area contributed by atoms with Crippen LogP contribution in [-0.2, 0) is 15.9 Å². The molecule has 3 heterocycles. The Morgan fingerprint density at radius 3 is 2.57 bits per heavy atom. The summed E-state index contributed by atoms with van der Waals surface area (Å²) in [5, 5.41) is 13.1. The van der Waals surface area contributed by atoms with Crippen molar-refractivity contribution in [2.24, 2.45) is 0 Å². The van der Waals surface area contributed by atoms with Crippen molar-refractivity contribution in [2.75, 3.05) is 37.4 Å². The fourth-order valence-electron chi connectivity index (χ4n) is 3.95. The zero-order chi connectivity index (χ0) is 24.2. The van der Waals surface area contributed by atoms with E-state index in [4.69, 9.17) is 20.6 Å². The maximum absolute atomic E-state index is 11.0. The van der Waals surface area contributed by atoms with Crippen LogP contribution in [0.1, 0.15) is 19.3 Å². The van der Waals surface area contributed by atoms with Crippen molar-refractivity contribution < 1.29 is 14.4 Å². The maximum Gasteiger partial charge on any atom is 0.269 e. The number of anilines is 2. The van der Waals surface area contributed by atoms with Gasteiger partial charge in [0.25, 0.3) is 4.21 Å². The van der Waals surface area contributed by atoms with Crippen LogP contribution in [0, 0.1) is 0 Å². The molecule has 1 unspecified atom stereocenters. The lowest BCUT2D eigenvalue weighted by atomic mass is 10.00. The van der Waals surface area contributed by atoms with Crippen LogP contribution in [0.3, 0.4) is 0 Å². The standard InChI is InChI=1S/C25H28N5O3S2/c26-22-21-19(16-5-2-1-3-6-16)13-20(30-23(21)34-24(22)35(32)18-7-4-8-18)17-14-28-25(29-15-17)27-9-11-33-12-10-31/h1-3,5-6,13-15,18,31-32H,4,7-12,26H2,(H,27,28,29)/q+1. The van der Waals surface area contributed by atoms with Crippen molar-refractivity contribution >= 4 is 44.4 Å². The molecule has 0 amide bonds. The largest absolute Gasteiger partial charge is 0.394 e. The number of nitrogens with one attached hydrogen (secondary N) is 1. The van der Waals surface area contributed by atoms with Gasteiger partial charge in [-0.3, -0.25) is 0 Å². The smallest absolute Gasteiger partial charge is 0.269 e. The molecule has 0 spiro atoms. The second-order valence-corrected chi connectivity index (χ2v) is 11.3. The summed E-state index contributed by atoms with van der Waals surface area (Å²) in [7, 11) is 0. The van der Waals surface area contributed by atoms with E-state index in [9.17, 15) is 4.55 Å². The molecule has 4 aromatic rings. The van der Waals surface area contributed by atoms with Crippen LogP contribution in [0.25, 0.3) is 32.6 Å². The summed E-state index contributed by atoms with van der Waals surface area (Å²) in [4.78, 5) is 14.6. The maximum atomic E-state index is 11.0. The molecule has 10 heteroatoms. The average Bonchev–Trinajstić information content (AvgIpc) is 3.19. The normalized spacial score (nSPS) is 14.7. The van der Waals surface area contributed by atoms with Gasteiger partial charge in [0, 0.05) is 29.9 Å². The van der Waals surface area contributed by atoms with Crippen LogP contribution >= 0.6 is 11.3 Å². The Bertz CT molecular complexity index is 1280. The molecule has 1 aliphatic rings. The quantitative estimate of drug-likeness (QED) is 0.182. The number of thiophene rings is 1. The van der Waals surface area contributed by atoms with Crippen molar-refractivity contribution in [3.8, 4) is 22.4 Å². The molecule has 1 fully saturated rings. The van der Waals surface area contributed by atoms with Gasteiger partial charge in [-0.25, -0.2) is 15.0 Å². The Balaban J connectivity index is 1.49. The van der Waals surface area contributed by atoms with Gasteiger partial charge in [-0.05, 0) is 36.5 Å². The molecular weight excluding hydrogens is 482 g/mol. The van der Waals surface area contributed by atoms with Crippen LogP contribution in [-0.4, -0.2) is 56.2 Å². The minimum atomic E-state index is -0.864. The summed E-state index contributed by atoms with van der Waals surface area (Å²) in [6.07, 6.45) is 6.74. The minimum absolute atomic E-state index is 0.00483. The number of rotatable bonds is 10. The summed E-state index contributed by atoms with van der Waals surface area (Å²) in [5.74, 6) is 0.498. The van der Waals surface area contributed by atoms with Gasteiger partial charge in [-0.15, -0.1) is 0 Å². The number of aliphatic hydroxyl groups excluding tert-OH is 1. The van der Waals surface area contributed by atoms with Crippen molar-refractivity contribution in [1.82, 2.24) is 15.0 Å². The fraction of sp³-hybridized carbons (Fsp3) is 0.320. The van der Waals surface area contributed by atoms with E-state index in [1.54, 1.807) is 12.4 Å². The zero-order valence-corrected chi connectivity index (χ0v) is 20.8. The third-order valence-electron chi connectivity index (χ3n) is 6.02. The number of ether oxygens (including phenoxy) is 1. The lowest BCUT2D eigenvalue weighted by Crippen LogP contribution is -2.28. The Labute approximate surface area is 210 Å². The van der Waals surface area contributed by atoms with Crippen molar-refractivity contribution in [3.63, 3.8) is 0 Å². The molecule has 0 saturated heterocycles. The van der Waals surface area contributed by atoms with E-state index < -0.39 is 11.2 Å². The third kappa shape index (κ3) is 5.12. The molecule has 0 bridgehead atoms. The van der Waals surface area contributed by atoms with Crippen LogP contribution in [0.5, 0.6) is 0 Å². The van der Waals surface area contributed by atoms with Gasteiger partial charge < -0.3 is 20.9 Å². The Kier molecular flexibility index (Phi) is 7.45. The molecule has 5 rings (SSSR count). The molecule has 0 aliphatic heterocycles. The highest BCUT2D eigenvalue weighted by molar-refractivity contribution is 7.94. The molecule has 1 atom stereocenters. The number of hydrogen-bond acceptors (Lipinski definition) is 9. The topological polar surface area (TPSA) is 126 Å². The lowest BCUT2D eigenvalue weighted by molar-refractivity contribution is 0.0991. The van der Waals surface area contributed by atoms with Gasteiger partial charge in [0.1, 0.15) is 10.5 Å². The second kappa shape index (κ2) is 10.9. The summed E-state index contributed by atoms with van der Waals surface area (Å²) < 4.78 is 17.1. The number of pyridine rings is 1. The highest BCUT2D eigenvalue weighted by Gasteiger charge is 2.41. The van der Waals surface area contributed by atoms with Crippen LogP contribution in [0.4, 0.5) is 11.6 Å². The van der Waals surface area contributed by atoms with Crippen LogP contribution in [0.2, 0.25) is 0 Å². The summed E-state index contributed by atoms with van der Waals surface area (Å²) in [6.45, 7) is 1.32. The monoisotopic (exact) mass is 510 g/mol. The van der Waals surface area contributed by atoms with Gasteiger partial charge >= 0.3 is 0 Å².